The van der Waals surface area contributed by atoms with Gasteiger partial charge in [-0.1, -0.05) is 18.2 Å². The van der Waals surface area contributed by atoms with Crippen LogP contribution in [0, 0.1) is 0 Å². The maximum Gasteiger partial charge on any atom is 0.325 e. The molecule has 0 saturated carbocycles. The molecule has 1 aliphatic rings. The zero-order chi connectivity index (χ0) is 13.1. The molecule has 2 atom stereocenters. The summed E-state index contributed by atoms with van der Waals surface area (Å²) in [4.78, 5) is 22.8. The predicted molar refractivity (Wildman–Crippen MR) is 67.5 cm³/mol. The highest BCUT2D eigenvalue weighted by molar-refractivity contribution is 5.89. The number of carbonyl (C=O) groups excluding carboxylic acids is 1. The van der Waals surface area contributed by atoms with E-state index in [-0.39, 0.29) is 11.8 Å². The first-order chi connectivity index (χ1) is 8.59. The van der Waals surface area contributed by atoms with Gasteiger partial charge in [-0.05, 0) is 25.0 Å². The van der Waals surface area contributed by atoms with Crippen molar-refractivity contribution in [1.29, 1.82) is 0 Å². The van der Waals surface area contributed by atoms with Crippen LogP contribution in [0.25, 0.3) is 0 Å². The van der Waals surface area contributed by atoms with Crippen LogP contribution in [-0.2, 0) is 9.59 Å². The van der Waals surface area contributed by atoms with E-state index in [1.54, 1.807) is 0 Å². The molecule has 3 N–H and O–H groups in total. The van der Waals surface area contributed by atoms with Gasteiger partial charge >= 0.3 is 5.97 Å². The highest BCUT2D eigenvalue weighted by Crippen LogP contribution is 2.31. The van der Waals surface area contributed by atoms with Crippen molar-refractivity contribution in [2.24, 2.45) is 0 Å². The average molecular weight is 248 g/mol. The molecule has 0 saturated heterocycles. The molecule has 0 fully saturated rings. The first-order valence-electron chi connectivity index (χ1n) is 5.95. The van der Waals surface area contributed by atoms with E-state index in [2.05, 4.69) is 10.6 Å². The normalized spacial score (nSPS) is 19.3. The summed E-state index contributed by atoms with van der Waals surface area (Å²) in [5.74, 6) is -1.52. The van der Waals surface area contributed by atoms with Gasteiger partial charge in [-0.3, -0.25) is 9.59 Å². The Morgan fingerprint density at radius 1 is 1.44 bits per heavy atom. The Labute approximate surface area is 105 Å². The number of nitrogens with one attached hydrogen (secondary N) is 2. The predicted octanol–water partition coefficient (Wildman–Crippen LogP) is 1.18. The van der Waals surface area contributed by atoms with Gasteiger partial charge in [-0.25, -0.2) is 0 Å². The van der Waals surface area contributed by atoms with Crippen LogP contribution in [0.5, 0.6) is 0 Å². The monoisotopic (exact) mass is 248 g/mol. The number of hydrogen-bond acceptors (Lipinski definition) is 3. The minimum absolute atomic E-state index is 0.223. The van der Waals surface area contributed by atoms with Crippen LogP contribution in [0.15, 0.2) is 24.3 Å². The first-order valence-corrected chi connectivity index (χ1v) is 5.95. The zero-order valence-corrected chi connectivity index (χ0v) is 10.1. The summed E-state index contributed by atoms with van der Waals surface area (Å²) in [5, 5.41) is 14.5. The summed E-state index contributed by atoms with van der Waals surface area (Å²) in [5.41, 5.74) is 1.88. The van der Waals surface area contributed by atoms with Crippen LogP contribution in [0.3, 0.4) is 0 Å². The summed E-state index contributed by atoms with van der Waals surface area (Å²) in [6.45, 7) is 2.18. The molecule has 1 amide bonds. The summed E-state index contributed by atoms with van der Waals surface area (Å²) in [6.07, 6.45) is 0.676. The highest BCUT2D eigenvalue weighted by Gasteiger charge is 2.27. The number of benzene rings is 1. The van der Waals surface area contributed by atoms with Crippen molar-refractivity contribution in [3.05, 3.63) is 29.8 Å². The summed E-state index contributed by atoms with van der Waals surface area (Å²) in [6, 6.07) is 6.75. The molecule has 0 aromatic heterocycles. The van der Waals surface area contributed by atoms with Crippen LogP contribution < -0.4 is 10.6 Å². The van der Waals surface area contributed by atoms with Crippen LogP contribution in [0.4, 0.5) is 5.69 Å². The van der Waals surface area contributed by atoms with Gasteiger partial charge in [-0.15, -0.1) is 0 Å². The number of carbonyl (C=O) groups is 2. The number of fused-ring (bicyclic) bond motifs is 1. The molecule has 2 rings (SSSR count). The molecule has 0 radical (unpaired) electrons. The second kappa shape index (κ2) is 5.08. The number of hydrogen-bond donors (Lipinski definition) is 3. The lowest BCUT2D eigenvalue weighted by molar-refractivity contribution is -0.141. The molecular weight excluding hydrogens is 232 g/mol. The number of anilines is 1. The van der Waals surface area contributed by atoms with Gasteiger partial charge in [0.1, 0.15) is 6.04 Å². The van der Waals surface area contributed by atoms with E-state index in [1.165, 1.54) is 6.92 Å². The smallest absolute Gasteiger partial charge is 0.325 e. The Hall–Kier alpha value is -2.04. The largest absolute Gasteiger partial charge is 0.480 e. The van der Waals surface area contributed by atoms with Crippen molar-refractivity contribution in [3.8, 4) is 0 Å². The first kappa shape index (κ1) is 12.4. The highest BCUT2D eigenvalue weighted by atomic mass is 16.4. The van der Waals surface area contributed by atoms with E-state index >= 15 is 0 Å². The van der Waals surface area contributed by atoms with Crippen molar-refractivity contribution >= 4 is 17.6 Å². The third kappa shape index (κ3) is 2.45. The Balaban J connectivity index is 2.15. The lowest BCUT2D eigenvalue weighted by atomic mass is 9.90. The third-order valence-corrected chi connectivity index (χ3v) is 3.13. The van der Waals surface area contributed by atoms with E-state index in [0.29, 0.717) is 6.42 Å². The van der Waals surface area contributed by atoms with Crippen LogP contribution in [0.1, 0.15) is 24.8 Å². The van der Waals surface area contributed by atoms with Gasteiger partial charge in [0.2, 0.25) is 5.91 Å². The van der Waals surface area contributed by atoms with E-state index < -0.39 is 12.0 Å². The number of carboxylic acids is 1. The minimum atomic E-state index is -1.02. The summed E-state index contributed by atoms with van der Waals surface area (Å²) < 4.78 is 0. The molecule has 0 spiro atoms. The molecular formula is C13H16N2O3. The minimum Gasteiger partial charge on any atom is -0.480 e. The lowest BCUT2D eigenvalue weighted by Crippen LogP contribution is -2.42. The topological polar surface area (TPSA) is 78.4 Å². The van der Waals surface area contributed by atoms with Gasteiger partial charge in [0.15, 0.2) is 0 Å². The number of carboxylic acid groups (broad SMARTS) is 1. The molecule has 1 unspecified atom stereocenters. The van der Waals surface area contributed by atoms with Crippen molar-refractivity contribution < 1.29 is 14.7 Å². The Bertz CT molecular complexity index is 473. The molecule has 1 heterocycles. The van der Waals surface area contributed by atoms with E-state index in [0.717, 1.165) is 17.8 Å². The fourth-order valence-electron chi connectivity index (χ4n) is 2.12. The van der Waals surface area contributed by atoms with E-state index in [9.17, 15) is 9.59 Å². The fraction of sp³-hybridized carbons (Fsp3) is 0.385. The van der Waals surface area contributed by atoms with Gasteiger partial charge in [0, 0.05) is 12.2 Å². The van der Waals surface area contributed by atoms with Crippen molar-refractivity contribution in [2.45, 2.75) is 25.3 Å². The van der Waals surface area contributed by atoms with Gasteiger partial charge in [-0.2, -0.15) is 0 Å². The van der Waals surface area contributed by atoms with Gasteiger partial charge < -0.3 is 15.7 Å². The molecule has 1 aromatic rings. The summed E-state index contributed by atoms with van der Waals surface area (Å²) in [7, 11) is 0. The average Bonchev–Trinajstić information content (AvgIpc) is 2.37. The zero-order valence-electron chi connectivity index (χ0n) is 10.1. The molecule has 1 aliphatic heterocycles. The Morgan fingerprint density at radius 2 is 2.17 bits per heavy atom. The number of aliphatic carboxylic acids is 1. The number of amides is 1. The van der Waals surface area contributed by atoms with E-state index in [4.69, 9.17) is 5.11 Å². The van der Waals surface area contributed by atoms with Crippen LogP contribution >= 0.6 is 0 Å². The third-order valence-electron chi connectivity index (χ3n) is 3.13. The molecule has 5 heteroatoms. The van der Waals surface area contributed by atoms with Crippen molar-refractivity contribution in [2.75, 3.05) is 11.9 Å². The SMILES string of the molecule is C[C@@H](NC(=O)C1CCNc2ccccc21)C(=O)O. The molecule has 5 nitrogen and oxygen atoms in total. The lowest BCUT2D eigenvalue weighted by Gasteiger charge is -2.26. The van der Waals surface area contributed by atoms with Gasteiger partial charge in [0.25, 0.3) is 0 Å². The second-order valence-electron chi connectivity index (χ2n) is 4.42. The molecule has 1 aromatic carbocycles. The molecule has 0 aliphatic carbocycles. The van der Waals surface area contributed by atoms with Crippen LogP contribution in [-0.4, -0.2) is 29.6 Å². The summed E-state index contributed by atoms with van der Waals surface area (Å²) >= 11 is 0. The standard InChI is InChI=1S/C13H16N2O3/c1-8(13(17)18)15-12(16)10-6-7-14-11-5-3-2-4-9(10)11/h2-5,8,10,14H,6-7H2,1H3,(H,15,16)(H,17,18)/t8-,10?/m1/s1. The maximum absolute atomic E-state index is 12.1. The fourth-order valence-corrected chi connectivity index (χ4v) is 2.12. The van der Waals surface area contributed by atoms with Crippen molar-refractivity contribution in [3.63, 3.8) is 0 Å². The Morgan fingerprint density at radius 3 is 2.89 bits per heavy atom. The van der Waals surface area contributed by atoms with Crippen molar-refractivity contribution in [1.82, 2.24) is 5.32 Å². The maximum atomic E-state index is 12.1. The Kier molecular flexibility index (Phi) is 3.50. The van der Waals surface area contributed by atoms with E-state index in [1.807, 2.05) is 24.3 Å². The van der Waals surface area contributed by atoms with Gasteiger partial charge in [0.05, 0.1) is 5.92 Å². The number of para-hydroxylation sites is 1. The van der Waals surface area contributed by atoms with Crippen LogP contribution in [0.2, 0.25) is 0 Å². The number of rotatable bonds is 3. The molecule has 0 bridgehead atoms. The quantitative estimate of drug-likeness (QED) is 0.750. The molecule has 96 valence electrons. The second-order valence-corrected chi connectivity index (χ2v) is 4.42. The molecule has 18 heavy (non-hydrogen) atoms.